The van der Waals surface area contributed by atoms with Gasteiger partial charge in [0.15, 0.2) is 0 Å². The van der Waals surface area contributed by atoms with Gasteiger partial charge >= 0.3 is 0 Å². The molecule has 0 aromatic carbocycles. The topological polar surface area (TPSA) is 38.3 Å². The zero-order valence-corrected chi connectivity index (χ0v) is 9.89. The lowest BCUT2D eigenvalue weighted by Gasteiger charge is -2.46. The van der Waals surface area contributed by atoms with E-state index in [0.717, 1.165) is 19.3 Å². The Hall–Kier alpha value is -0.870. The molecule has 0 spiro atoms. The quantitative estimate of drug-likeness (QED) is 0.811. The van der Waals surface area contributed by atoms with Gasteiger partial charge in [-0.05, 0) is 24.3 Å². The third kappa shape index (κ3) is 1.48. The van der Waals surface area contributed by atoms with E-state index < -0.39 is 0 Å². The van der Waals surface area contributed by atoms with Gasteiger partial charge in [0, 0.05) is 4.88 Å². The summed E-state index contributed by atoms with van der Waals surface area (Å²) in [6.45, 7) is 0.220. The fourth-order valence-electron chi connectivity index (χ4n) is 2.85. The van der Waals surface area contributed by atoms with Gasteiger partial charge in [0.1, 0.15) is 12.1 Å². The second-order valence-electron chi connectivity index (χ2n) is 4.54. The van der Waals surface area contributed by atoms with Crippen molar-refractivity contribution in [2.24, 2.45) is 0 Å². The number of carbonyl (C=O) groups excluding carboxylic acids is 1. The number of hydrogen-bond acceptors (Lipinski definition) is 3. The van der Waals surface area contributed by atoms with Crippen molar-refractivity contribution in [1.29, 1.82) is 0 Å². The van der Waals surface area contributed by atoms with Gasteiger partial charge in [-0.1, -0.05) is 18.9 Å². The minimum Gasteiger partial charge on any atom is -0.366 e. The molecular weight excluding hydrogens is 222 g/mol. The Balaban J connectivity index is 2.00. The molecular formula is C12H15NO2S. The number of fused-ring (bicyclic) bond motifs is 1. The summed E-state index contributed by atoms with van der Waals surface area (Å²) in [4.78, 5) is 12.8. The Labute approximate surface area is 98.8 Å². The van der Waals surface area contributed by atoms with E-state index >= 15 is 0 Å². The molecule has 1 aromatic rings. The third-order valence-electron chi connectivity index (χ3n) is 3.58. The molecule has 1 aromatic heterocycles. The Morgan fingerprint density at radius 2 is 2.44 bits per heavy atom. The van der Waals surface area contributed by atoms with Gasteiger partial charge in [0.25, 0.3) is 0 Å². The van der Waals surface area contributed by atoms with Crippen LogP contribution in [0.1, 0.15) is 30.6 Å². The van der Waals surface area contributed by atoms with Crippen molar-refractivity contribution in [3.8, 4) is 0 Å². The molecule has 16 heavy (non-hydrogen) atoms. The van der Waals surface area contributed by atoms with Gasteiger partial charge in [-0.2, -0.15) is 0 Å². The van der Waals surface area contributed by atoms with Crippen LogP contribution in [0.2, 0.25) is 0 Å². The number of rotatable bonds is 1. The fraction of sp³-hybridized carbons (Fsp3) is 0.583. The Kier molecular flexibility index (Phi) is 2.48. The first-order chi connectivity index (χ1) is 7.81. The predicted molar refractivity (Wildman–Crippen MR) is 62.3 cm³/mol. The second kappa shape index (κ2) is 3.86. The molecule has 1 aliphatic heterocycles. The zero-order chi connectivity index (χ0) is 11.0. The standard InChI is InChI=1S/C12H15NO2S/c14-11-8-15-9-4-1-2-6-12(9,13-11)10-5-3-7-16-10/h3,5,7,9H,1-2,4,6,8H2,(H,13,14)/t9-,12+/m1/s1. The smallest absolute Gasteiger partial charge is 0.246 e. The SMILES string of the molecule is O=C1CO[C@@H]2CCCC[C@]2(c2cccs2)N1. The van der Waals surface area contributed by atoms with Crippen LogP contribution in [-0.4, -0.2) is 18.6 Å². The number of amides is 1. The fourth-order valence-corrected chi connectivity index (χ4v) is 3.80. The highest BCUT2D eigenvalue weighted by Crippen LogP contribution is 2.42. The molecule has 2 heterocycles. The molecule has 2 atom stereocenters. The van der Waals surface area contributed by atoms with Crippen LogP contribution in [-0.2, 0) is 15.1 Å². The van der Waals surface area contributed by atoms with E-state index in [2.05, 4.69) is 16.8 Å². The van der Waals surface area contributed by atoms with Gasteiger partial charge in [0.2, 0.25) is 5.91 Å². The van der Waals surface area contributed by atoms with Crippen LogP contribution in [0.15, 0.2) is 17.5 Å². The molecule has 1 N–H and O–H groups in total. The summed E-state index contributed by atoms with van der Waals surface area (Å²) in [6, 6.07) is 4.15. The summed E-state index contributed by atoms with van der Waals surface area (Å²) in [5.74, 6) is 0.0200. The van der Waals surface area contributed by atoms with Gasteiger partial charge in [-0.15, -0.1) is 11.3 Å². The van der Waals surface area contributed by atoms with Crippen LogP contribution in [0.5, 0.6) is 0 Å². The summed E-state index contributed by atoms with van der Waals surface area (Å²) < 4.78 is 5.72. The molecule has 0 bridgehead atoms. The third-order valence-corrected chi connectivity index (χ3v) is 4.62. The summed E-state index contributed by atoms with van der Waals surface area (Å²) in [6.07, 6.45) is 4.59. The van der Waals surface area contributed by atoms with Crippen molar-refractivity contribution in [3.63, 3.8) is 0 Å². The summed E-state index contributed by atoms with van der Waals surface area (Å²) in [5.41, 5.74) is -0.234. The Morgan fingerprint density at radius 3 is 3.25 bits per heavy atom. The molecule has 0 radical (unpaired) electrons. The minimum absolute atomic E-state index is 0.0200. The maximum Gasteiger partial charge on any atom is 0.246 e. The molecule has 86 valence electrons. The largest absolute Gasteiger partial charge is 0.366 e. The zero-order valence-electron chi connectivity index (χ0n) is 9.07. The van der Waals surface area contributed by atoms with Crippen molar-refractivity contribution in [2.45, 2.75) is 37.3 Å². The summed E-state index contributed by atoms with van der Waals surface area (Å²) in [5, 5.41) is 5.25. The van der Waals surface area contributed by atoms with Gasteiger partial charge in [0.05, 0.1) is 6.10 Å². The molecule has 1 saturated carbocycles. The monoisotopic (exact) mass is 237 g/mol. The van der Waals surface area contributed by atoms with Gasteiger partial charge in [-0.3, -0.25) is 4.79 Å². The van der Waals surface area contributed by atoms with Crippen molar-refractivity contribution in [1.82, 2.24) is 5.32 Å². The molecule has 1 aliphatic carbocycles. The highest BCUT2D eigenvalue weighted by atomic mass is 32.1. The molecule has 3 rings (SSSR count). The summed E-state index contributed by atoms with van der Waals surface area (Å²) in [7, 11) is 0. The number of nitrogens with one attached hydrogen (secondary N) is 1. The van der Waals surface area contributed by atoms with E-state index in [1.165, 1.54) is 11.3 Å². The Morgan fingerprint density at radius 1 is 1.50 bits per heavy atom. The van der Waals surface area contributed by atoms with Gasteiger partial charge in [-0.25, -0.2) is 0 Å². The van der Waals surface area contributed by atoms with Crippen LogP contribution in [0.3, 0.4) is 0 Å². The lowest BCUT2D eigenvalue weighted by atomic mass is 9.77. The van der Waals surface area contributed by atoms with E-state index in [4.69, 9.17) is 4.74 Å². The lowest BCUT2D eigenvalue weighted by molar-refractivity contribution is -0.148. The Bertz CT molecular complexity index is 390. The highest BCUT2D eigenvalue weighted by Gasteiger charge is 2.47. The number of thiophene rings is 1. The molecule has 4 heteroatoms. The first kappa shape index (κ1) is 10.3. The maximum atomic E-state index is 11.6. The molecule has 3 nitrogen and oxygen atoms in total. The number of carbonyl (C=O) groups is 1. The van der Waals surface area contributed by atoms with Gasteiger partial charge < -0.3 is 10.1 Å². The lowest BCUT2D eigenvalue weighted by Crippen LogP contribution is -2.61. The normalized spacial score (nSPS) is 34.2. The average Bonchev–Trinajstić information content (AvgIpc) is 2.82. The molecule has 2 aliphatic rings. The molecule has 2 fully saturated rings. The second-order valence-corrected chi connectivity index (χ2v) is 5.49. The van der Waals surface area contributed by atoms with Crippen molar-refractivity contribution < 1.29 is 9.53 Å². The van der Waals surface area contributed by atoms with Crippen LogP contribution in [0.25, 0.3) is 0 Å². The molecule has 1 amide bonds. The van der Waals surface area contributed by atoms with E-state index in [1.54, 1.807) is 11.3 Å². The van der Waals surface area contributed by atoms with E-state index in [0.29, 0.717) is 0 Å². The molecule has 0 unspecified atom stereocenters. The van der Waals surface area contributed by atoms with Crippen LogP contribution < -0.4 is 5.32 Å². The first-order valence-electron chi connectivity index (χ1n) is 5.78. The maximum absolute atomic E-state index is 11.6. The van der Waals surface area contributed by atoms with Crippen molar-refractivity contribution >= 4 is 17.2 Å². The number of morpholine rings is 1. The number of hydrogen-bond donors (Lipinski definition) is 1. The summed E-state index contributed by atoms with van der Waals surface area (Å²) >= 11 is 1.71. The minimum atomic E-state index is -0.234. The van der Waals surface area contributed by atoms with Crippen LogP contribution >= 0.6 is 11.3 Å². The molecule has 1 saturated heterocycles. The van der Waals surface area contributed by atoms with Crippen molar-refractivity contribution in [3.05, 3.63) is 22.4 Å². The van der Waals surface area contributed by atoms with Crippen LogP contribution in [0.4, 0.5) is 0 Å². The number of ether oxygens (including phenoxy) is 1. The van der Waals surface area contributed by atoms with Crippen molar-refractivity contribution in [2.75, 3.05) is 6.61 Å². The first-order valence-corrected chi connectivity index (χ1v) is 6.66. The van der Waals surface area contributed by atoms with Crippen LogP contribution in [0, 0.1) is 0 Å². The van der Waals surface area contributed by atoms with E-state index in [-0.39, 0.29) is 24.2 Å². The van der Waals surface area contributed by atoms with E-state index in [9.17, 15) is 4.79 Å². The average molecular weight is 237 g/mol. The highest BCUT2D eigenvalue weighted by molar-refractivity contribution is 7.10. The van der Waals surface area contributed by atoms with E-state index in [1.807, 2.05) is 6.07 Å². The predicted octanol–water partition coefficient (Wildman–Crippen LogP) is 2.03.